The number of phenolic OH excluding ortho intramolecular Hbond substituents is 3. The van der Waals surface area contributed by atoms with E-state index in [9.17, 15) is 34.5 Å². The van der Waals surface area contributed by atoms with Gasteiger partial charge in [0.05, 0.1) is 21.3 Å². The highest BCUT2D eigenvalue weighted by molar-refractivity contribution is 5.94. The van der Waals surface area contributed by atoms with Crippen LogP contribution in [0.15, 0.2) is 109 Å². The zero-order valence-electron chi connectivity index (χ0n) is 49.1. The molecule has 0 aliphatic rings. The molecule has 0 unspecified atom stereocenters. The van der Waals surface area contributed by atoms with Crippen molar-refractivity contribution in [3.63, 3.8) is 0 Å². The second-order valence-corrected chi connectivity index (χ2v) is 19.2. The van der Waals surface area contributed by atoms with Gasteiger partial charge in [0, 0.05) is 45.6 Å². The molecule has 0 fully saturated rings. The molecule has 0 saturated heterocycles. The van der Waals surface area contributed by atoms with Gasteiger partial charge in [-0.05, 0) is 81.3 Å². The molecular formula is C63H78O19. The lowest BCUT2D eigenvalue weighted by Gasteiger charge is -2.18. The molecule has 0 aliphatic heterocycles. The fourth-order valence-corrected chi connectivity index (χ4v) is 7.59. The number of hydrogen-bond acceptors (Lipinski definition) is 18. The number of phenols is 3. The lowest BCUT2D eigenvalue weighted by atomic mass is 9.98. The van der Waals surface area contributed by atoms with E-state index in [1.165, 1.54) is 66.9 Å². The number of carboxylic acids is 1. The summed E-state index contributed by atoms with van der Waals surface area (Å²) in [5, 5.41) is 38.7. The molecular weight excluding hydrogens is 1060 g/mol. The number of aromatic carboxylic acids is 1. The number of carbonyl (C=O) groups is 4. The summed E-state index contributed by atoms with van der Waals surface area (Å²) in [6, 6.07) is 32.0. The zero-order chi connectivity index (χ0) is 61.1. The van der Waals surface area contributed by atoms with Gasteiger partial charge in [0.2, 0.25) is 0 Å². The van der Waals surface area contributed by atoms with E-state index in [4.69, 9.17) is 52.5 Å². The van der Waals surface area contributed by atoms with Gasteiger partial charge in [-0.1, -0.05) is 116 Å². The minimum atomic E-state index is -1.10. The predicted octanol–water partition coefficient (Wildman–Crippen LogP) is 12.5. The van der Waals surface area contributed by atoms with Gasteiger partial charge in [-0.15, -0.1) is 0 Å². The van der Waals surface area contributed by atoms with Crippen molar-refractivity contribution in [2.75, 3.05) is 63.0 Å². The minimum Gasteiger partial charge on any atom is -0.508 e. The number of benzene rings is 6. The van der Waals surface area contributed by atoms with Gasteiger partial charge in [0.1, 0.15) is 81.5 Å². The third kappa shape index (κ3) is 20.5. The molecule has 6 aromatic carbocycles. The molecule has 6 aromatic rings. The number of methoxy groups -OCH3 is 6. The Kier molecular flexibility index (Phi) is 28.6. The molecule has 0 bridgehead atoms. The molecule has 444 valence electrons. The van der Waals surface area contributed by atoms with E-state index < -0.39 is 23.9 Å². The van der Waals surface area contributed by atoms with E-state index in [1.807, 2.05) is 116 Å². The normalized spacial score (nSPS) is 10.6. The van der Waals surface area contributed by atoms with E-state index in [2.05, 4.69) is 4.74 Å². The van der Waals surface area contributed by atoms with Crippen LogP contribution in [0.2, 0.25) is 0 Å². The van der Waals surface area contributed by atoms with Crippen molar-refractivity contribution in [1.29, 1.82) is 0 Å². The van der Waals surface area contributed by atoms with E-state index in [0.717, 1.165) is 22.3 Å². The van der Waals surface area contributed by atoms with Crippen molar-refractivity contribution in [1.82, 2.24) is 0 Å². The van der Waals surface area contributed by atoms with E-state index >= 15 is 0 Å². The molecule has 0 saturated carbocycles. The molecule has 0 radical (unpaired) electrons. The van der Waals surface area contributed by atoms with Crippen LogP contribution in [0.25, 0.3) is 0 Å². The molecule has 0 spiro atoms. The quantitative estimate of drug-likeness (QED) is 0.0264. The van der Waals surface area contributed by atoms with Crippen molar-refractivity contribution in [3.05, 3.63) is 165 Å². The average molecular weight is 1140 g/mol. The third-order valence-electron chi connectivity index (χ3n) is 11.9. The van der Waals surface area contributed by atoms with Gasteiger partial charge in [0.25, 0.3) is 0 Å². The van der Waals surface area contributed by atoms with Crippen molar-refractivity contribution >= 4 is 23.9 Å². The summed E-state index contributed by atoms with van der Waals surface area (Å²) in [5.74, 6) is -0.249. The average Bonchev–Trinajstić information content (AvgIpc) is 3.55. The number of hydrogen-bond donors (Lipinski definition) is 4. The van der Waals surface area contributed by atoms with Crippen LogP contribution in [0.4, 0.5) is 0 Å². The Morgan fingerprint density at radius 2 is 0.671 bits per heavy atom. The highest BCUT2D eigenvalue weighted by Gasteiger charge is 2.23. The molecule has 0 aliphatic carbocycles. The standard InChI is InChI=1S/C20H24O5.C18H20O4.C13H18O5.C12H16O5/c1-14(2)16-10-17(20(21)23-4)19(25-13-22-3)11-18(16)24-12-15-8-6-5-7-9-15;1-12(2)14-9-15(18(20)21-3)16(19)10-17(14)22-11-13-7-5-4-6-8-13;1-8(2)9-5-10(13(15)17-4)12(6-11(9)14)18-7-16-3;1-7(2)8-4-9(12(14)15)11(5-10(8)13)17-6-16-3/h5-11,14H,12-13H2,1-4H3;4-10,12,19H,11H2,1-3H3;5-6,8,14H,7H2,1-4H3;4-5,7,13H,6H2,1-3H3,(H,14,15). The second-order valence-electron chi connectivity index (χ2n) is 19.2. The van der Waals surface area contributed by atoms with Crippen LogP contribution in [0.3, 0.4) is 0 Å². The Balaban J connectivity index is 0.000000290. The fourth-order valence-electron chi connectivity index (χ4n) is 7.59. The number of ether oxygens (including phenoxy) is 11. The molecule has 0 aromatic heterocycles. The molecule has 6 rings (SSSR count). The molecule has 0 heterocycles. The molecule has 0 atom stereocenters. The van der Waals surface area contributed by atoms with Gasteiger partial charge in [-0.25, -0.2) is 19.2 Å². The monoisotopic (exact) mass is 1140 g/mol. The first-order valence-electron chi connectivity index (χ1n) is 26.0. The van der Waals surface area contributed by atoms with Gasteiger partial charge in [0.15, 0.2) is 20.4 Å². The summed E-state index contributed by atoms with van der Waals surface area (Å²) in [6.45, 7) is 16.5. The number of carboxylic acid groups (broad SMARTS) is 1. The smallest absolute Gasteiger partial charge is 0.341 e. The Labute approximate surface area is 480 Å². The minimum absolute atomic E-state index is 0.00946. The van der Waals surface area contributed by atoms with Gasteiger partial charge >= 0.3 is 23.9 Å². The van der Waals surface area contributed by atoms with Crippen molar-refractivity contribution in [2.24, 2.45) is 0 Å². The van der Waals surface area contributed by atoms with Crippen LogP contribution in [-0.4, -0.2) is 107 Å². The van der Waals surface area contributed by atoms with Crippen molar-refractivity contribution in [3.8, 4) is 46.0 Å². The maximum Gasteiger partial charge on any atom is 0.341 e. The fraction of sp³-hybridized carbons (Fsp3) is 0.365. The number of carbonyl (C=O) groups excluding carboxylic acids is 3. The lowest BCUT2D eigenvalue weighted by molar-refractivity contribution is 0.0456. The van der Waals surface area contributed by atoms with Crippen LogP contribution < -0.4 is 23.7 Å². The number of rotatable bonds is 23. The maximum absolute atomic E-state index is 12.1. The van der Waals surface area contributed by atoms with E-state index in [1.54, 1.807) is 24.3 Å². The Bertz CT molecular complexity index is 2970. The molecule has 19 nitrogen and oxygen atoms in total. The van der Waals surface area contributed by atoms with Gasteiger partial charge < -0.3 is 72.5 Å². The SMILES string of the molecule is COC(=O)c1cc(C(C)C)c(OCc2ccccc2)cc1O.COCOc1cc(O)c(C(C)C)cc1C(=O)O.COCOc1cc(O)c(C(C)C)cc1C(=O)OC.COCOc1cc(OCc2ccccc2)c(C(C)C)cc1C(=O)OC. The largest absolute Gasteiger partial charge is 0.508 e. The second kappa shape index (κ2) is 34.6. The Morgan fingerprint density at radius 1 is 0.366 bits per heavy atom. The van der Waals surface area contributed by atoms with Gasteiger partial charge in [-0.3, -0.25) is 0 Å². The third-order valence-corrected chi connectivity index (χ3v) is 11.9. The summed E-state index contributed by atoms with van der Waals surface area (Å²) < 4.78 is 56.4. The summed E-state index contributed by atoms with van der Waals surface area (Å²) in [7, 11) is 8.36. The highest BCUT2D eigenvalue weighted by Crippen LogP contribution is 2.38. The van der Waals surface area contributed by atoms with Gasteiger partial charge in [-0.2, -0.15) is 0 Å². The molecule has 4 N–H and O–H groups in total. The van der Waals surface area contributed by atoms with E-state index in [0.29, 0.717) is 47.2 Å². The molecule has 82 heavy (non-hydrogen) atoms. The van der Waals surface area contributed by atoms with Crippen LogP contribution in [-0.2, 0) is 41.6 Å². The van der Waals surface area contributed by atoms with Crippen LogP contribution >= 0.6 is 0 Å². The number of esters is 3. The topological polar surface area (TPSA) is 251 Å². The first-order chi connectivity index (χ1) is 39.1. The lowest BCUT2D eigenvalue weighted by Crippen LogP contribution is -2.10. The summed E-state index contributed by atoms with van der Waals surface area (Å²) in [5.41, 5.74) is 5.91. The zero-order valence-corrected chi connectivity index (χ0v) is 49.1. The number of aromatic hydroxyl groups is 3. The summed E-state index contributed by atoms with van der Waals surface area (Å²) in [6.07, 6.45) is 0. The van der Waals surface area contributed by atoms with Crippen LogP contribution in [0, 0.1) is 0 Å². The van der Waals surface area contributed by atoms with Crippen molar-refractivity contribution in [2.45, 2.75) is 92.3 Å². The van der Waals surface area contributed by atoms with Crippen molar-refractivity contribution < 1.29 is 91.7 Å². The summed E-state index contributed by atoms with van der Waals surface area (Å²) >= 11 is 0. The molecule has 19 heteroatoms. The van der Waals surface area contributed by atoms with Crippen LogP contribution in [0.1, 0.15) is 154 Å². The highest BCUT2D eigenvalue weighted by atomic mass is 16.7. The summed E-state index contributed by atoms with van der Waals surface area (Å²) in [4.78, 5) is 46.5. The first-order valence-corrected chi connectivity index (χ1v) is 26.0. The first kappa shape index (κ1) is 67.8. The molecule has 0 amide bonds. The maximum atomic E-state index is 12.1. The van der Waals surface area contributed by atoms with Crippen LogP contribution in [0.5, 0.6) is 46.0 Å². The Morgan fingerprint density at radius 3 is 1.02 bits per heavy atom. The predicted molar refractivity (Wildman–Crippen MR) is 307 cm³/mol. The Hall–Kier alpha value is -8.52. The van der Waals surface area contributed by atoms with E-state index in [-0.39, 0.29) is 89.5 Å².